The van der Waals surface area contributed by atoms with E-state index in [1.54, 1.807) is 34.1 Å². The van der Waals surface area contributed by atoms with Gasteiger partial charge in [0, 0.05) is 49.5 Å². The van der Waals surface area contributed by atoms with Crippen molar-refractivity contribution in [3.05, 3.63) is 65.2 Å². The van der Waals surface area contributed by atoms with Crippen molar-refractivity contribution < 1.29 is 22.8 Å². The van der Waals surface area contributed by atoms with Gasteiger partial charge in [0.15, 0.2) is 0 Å². The lowest BCUT2D eigenvalue weighted by Gasteiger charge is -2.36. The molecule has 0 spiro atoms. The third kappa shape index (κ3) is 5.08. The van der Waals surface area contributed by atoms with Gasteiger partial charge in [0.1, 0.15) is 0 Å². The van der Waals surface area contributed by atoms with Gasteiger partial charge in [-0.25, -0.2) is 4.79 Å². The molecule has 3 amide bonds. The minimum Gasteiger partial charge on any atom is -0.368 e. The molecule has 2 aromatic carbocycles. The van der Waals surface area contributed by atoms with Crippen LogP contribution in [-0.2, 0) is 6.18 Å². The van der Waals surface area contributed by atoms with Gasteiger partial charge in [-0.05, 0) is 30.2 Å². The van der Waals surface area contributed by atoms with Crippen molar-refractivity contribution >= 4 is 23.3 Å². The van der Waals surface area contributed by atoms with Gasteiger partial charge < -0.3 is 14.7 Å². The van der Waals surface area contributed by atoms with Crippen molar-refractivity contribution in [1.29, 1.82) is 0 Å². The molecule has 2 heterocycles. The quantitative estimate of drug-likeness (QED) is 0.659. The van der Waals surface area contributed by atoms with E-state index >= 15 is 0 Å². The van der Waals surface area contributed by atoms with E-state index in [1.807, 2.05) is 24.8 Å². The van der Waals surface area contributed by atoms with Gasteiger partial charge >= 0.3 is 12.2 Å². The molecular weight excluding hydrogens is 445 g/mol. The van der Waals surface area contributed by atoms with E-state index in [0.717, 1.165) is 12.1 Å². The number of benzene rings is 2. The molecule has 34 heavy (non-hydrogen) atoms. The minimum atomic E-state index is -4.40. The molecule has 4 rings (SSSR count). The average molecular weight is 473 g/mol. The number of rotatable bonds is 3. The van der Waals surface area contributed by atoms with Crippen LogP contribution in [0.25, 0.3) is 0 Å². The maximum absolute atomic E-state index is 13.0. The lowest BCUT2D eigenvalue weighted by Crippen LogP contribution is -2.49. The fraction of sp³-hybridized carbons (Fsp3) is 0.400. The highest BCUT2D eigenvalue weighted by Crippen LogP contribution is 2.32. The highest BCUT2D eigenvalue weighted by atomic mass is 19.4. The summed E-state index contributed by atoms with van der Waals surface area (Å²) in [6.45, 7) is 6.41. The van der Waals surface area contributed by atoms with E-state index in [0.29, 0.717) is 55.2 Å². The van der Waals surface area contributed by atoms with Crippen LogP contribution in [0.5, 0.6) is 0 Å². The Morgan fingerprint density at radius 2 is 1.68 bits per heavy atom. The third-order valence-electron chi connectivity index (χ3n) is 6.00. The van der Waals surface area contributed by atoms with Crippen LogP contribution >= 0.6 is 0 Å². The Bertz CT molecular complexity index is 1110. The number of anilines is 1. The highest BCUT2D eigenvalue weighted by Gasteiger charge is 2.32. The number of hydrogen-bond donors (Lipinski definition) is 0. The predicted octanol–water partition coefficient (Wildman–Crippen LogP) is 4.55. The molecule has 9 heteroatoms. The zero-order chi connectivity index (χ0) is 24.5. The number of halogens is 3. The van der Waals surface area contributed by atoms with E-state index in [9.17, 15) is 22.8 Å². The number of piperazine rings is 1. The smallest absolute Gasteiger partial charge is 0.368 e. The van der Waals surface area contributed by atoms with Gasteiger partial charge in [-0.3, -0.25) is 4.79 Å². The van der Waals surface area contributed by atoms with Crippen LogP contribution in [0.4, 0.5) is 23.7 Å². The molecule has 0 N–H and O–H groups in total. The van der Waals surface area contributed by atoms with Gasteiger partial charge in [-0.2, -0.15) is 18.2 Å². The molecule has 0 bridgehead atoms. The Kier molecular flexibility index (Phi) is 6.63. The van der Waals surface area contributed by atoms with Crippen molar-refractivity contribution in [1.82, 2.24) is 9.80 Å². The molecule has 1 fully saturated rings. The third-order valence-corrected chi connectivity index (χ3v) is 6.00. The van der Waals surface area contributed by atoms with E-state index < -0.39 is 17.8 Å². The summed E-state index contributed by atoms with van der Waals surface area (Å²) in [4.78, 5) is 35.4. The first-order chi connectivity index (χ1) is 16.1. The summed E-state index contributed by atoms with van der Waals surface area (Å²) in [5.41, 5.74) is 1.56. The molecule has 6 nitrogen and oxygen atoms in total. The largest absolute Gasteiger partial charge is 0.416 e. The summed E-state index contributed by atoms with van der Waals surface area (Å²) in [7, 11) is 0. The summed E-state index contributed by atoms with van der Waals surface area (Å²) in [5, 5.41) is 0. The molecule has 2 aliphatic heterocycles. The molecule has 0 atom stereocenters. The van der Waals surface area contributed by atoms with Gasteiger partial charge in [0.05, 0.1) is 17.8 Å². The van der Waals surface area contributed by atoms with Crippen LogP contribution in [0.3, 0.4) is 0 Å². The fourth-order valence-electron chi connectivity index (χ4n) is 4.33. The molecular formula is C25H27F3N4O2. The van der Waals surface area contributed by atoms with E-state index in [-0.39, 0.29) is 18.4 Å². The lowest BCUT2D eigenvalue weighted by atomic mass is 9.96. The van der Waals surface area contributed by atoms with Crippen LogP contribution in [0.1, 0.15) is 35.3 Å². The first-order valence-corrected chi connectivity index (χ1v) is 11.3. The van der Waals surface area contributed by atoms with Crippen molar-refractivity contribution in [2.45, 2.75) is 20.0 Å². The summed E-state index contributed by atoms with van der Waals surface area (Å²) in [6, 6.07) is 12.0. The van der Waals surface area contributed by atoms with Gasteiger partial charge in [-0.15, -0.1) is 0 Å². The zero-order valence-electron chi connectivity index (χ0n) is 19.2. The first kappa shape index (κ1) is 23.8. The number of aliphatic imine (C=N–C) groups is 1. The number of urea groups is 1. The van der Waals surface area contributed by atoms with Crippen molar-refractivity contribution in [3.63, 3.8) is 0 Å². The zero-order valence-corrected chi connectivity index (χ0v) is 19.2. The number of hydrogen-bond acceptors (Lipinski definition) is 3. The van der Waals surface area contributed by atoms with Crippen LogP contribution in [-0.4, -0.2) is 66.7 Å². The van der Waals surface area contributed by atoms with Gasteiger partial charge in [0.25, 0.3) is 5.91 Å². The molecule has 1 saturated heterocycles. The van der Waals surface area contributed by atoms with Gasteiger partial charge in [-0.1, -0.05) is 38.1 Å². The Morgan fingerprint density at radius 1 is 1.00 bits per heavy atom. The number of nitrogens with zero attached hydrogens (tertiary/aromatic N) is 4. The number of fused-ring (bicyclic) bond motifs is 1. The fourth-order valence-corrected chi connectivity index (χ4v) is 4.33. The molecule has 0 aromatic heterocycles. The molecule has 0 saturated carbocycles. The van der Waals surface area contributed by atoms with Crippen LogP contribution in [0, 0.1) is 5.92 Å². The van der Waals surface area contributed by atoms with Crippen LogP contribution in [0.15, 0.2) is 53.5 Å². The Labute approximate surface area is 196 Å². The topological polar surface area (TPSA) is 56.2 Å². The van der Waals surface area contributed by atoms with Crippen molar-refractivity contribution in [3.8, 4) is 0 Å². The van der Waals surface area contributed by atoms with E-state index in [1.165, 1.54) is 6.07 Å². The molecule has 2 aromatic rings. The van der Waals surface area contributed by atoms with Crippen LogP contribution < -0.4 is 4.90 Å². The summed E-state index contributed by atoms with van der Waals surface area (Å²) < 4.78 is 39.1. The van der Waals surface area contributed by atoms with Crippen LogP contribution in [0.2, 0.25) is 0 Å². The predicted molar refractivity (Wildman–Crippen MR) is 124 cm³/mol. The SMILES string of the molecule is CC(C)CN1CC(=NC(=O)N2CCN(c3cccc(C(F)(F)F)c3)CC2)c2ccccc2C1=O. The molecule has 0 aliphatic carbocycles. The van der Waals surface area contributed by atoms with Gasteiger partial charge in [0.2, 0.25) is 0 Å². The molecule has 180 valence electrons. The maximum atomic E-state index is 13.0. The number of carbonyl (C=O) groups is 2. The summed E-state index contributed by atoms with van der Waals surface area (Å²) in [6.07, 6.45) is -4.40. The molecule has 0 radical (unpaired) electrons. The average Bonchev–Trinajstić information content (AvgIpc) is 2.81. The summed E-state index contributed by atoms with van der Waals surface area (Å²) in [5.74, 6) is 0.209. The second-order valence-electron chi connectivity index (χ2n) is 8.99. The summed E-state index contributed by atoms with van der Waals surface area (Å²) >= 11 is 0. The van der Waals surface area contributed by atoms with E-state index in [2.05, 4.69) is 4.99 Å². The van der Waals surface area contributed by atoms with Crippen molar-refractivity contribution in [2.24, 2.45) is 10.9 Å². The first-order valence-electron chi connectivity index (χ1n) is 11.3. The number of amides is 3. The Balaban J connectivity index is 1.48. The number of carbonyl (C=O) groups excluding carboxylic acids is 2. The van der Waals surface area contributed by atoms with Crippen molar-refractivity contribution in [2.75, 3.05) is 44.2 Å². The highest BCUT2D eigenvalue weighted by molar-refractivity contribution is 6.18. The minimum absolute atomic E-state index is 0.0644. The number of alkyl halides is 3. The monoisotopic (exact) mass is 472 g/mol. The molecule has 2 aliphatic rings. The van der Waals surface area contributed by atoms with E-state index in [4.69, 9.17) is 0 Å². The second kappa shape index (κ2) is 9.48. The Hall–Kier alpha value is -3.36. The standard InChI is InChI=1S/C25H27F3N4O2/c1-17(2)15-32-16-22(20-8-3-4-9-21(20)23(32)33)29-24(34)31-12-10-30(11-13-31)19-7-5-6-18(14-19)25(26,27)28/h3-9,14,17H,10-13,15-16H2,1-2H3. The lowest BCUT2D eigenvalue weighted by molar-refractivity contribution is -0.137. The maximum Gasteiger partial charge on any atom is 0.416 e. The second-order valence-corrected chi connectivity index (χ2v) is 8.99. The normalized spacial score (nSPS) is 18.0. The molecule has 0 unspecified atom stereocenters. The Morgan fingerprint density at radius 3 is 2.32 bits per heavy atom.